The zero-order valence-corrected chi connectivity index (χ0v) is 20.6. The van der Waals surface area contributed by atoms with Crippen molar-refractivity contribution in [2.24, 2.45) is 22.2 Å². The molecule has 0 aromatic carbocycles. The Kier molecular flexibility index (Phi) is 17.1. The third-order valence-electron chi connectivity index (χ3n) is 3.77. The third kappa shape index (κ3) is 13.3. The lowest BCUT2D eigenvalue weighted by molar-refractivity contribution is -0.112. The number of aromatic nitrogens is 2. The van der Waals surface area contributed by atoms with Crippen LogP contribution in [-0.2, 0) is 13.9 Å². The molecular weight excluding hydrogens is 524 g/mol. The molecule has 212 valence electrons. The molecule has 2 aliphatic rings. The lowest BCUT2D eigenvalue weighted by Crippen LogP contribution is -2.55. The minimum Gasteiger partial charge on any atom is -0.383 e. The molecule has 2 aliphatic heterocycles. The smallest absolute Gasteiger partial charge is 0.383 e. The number of aliphatic hydroxyl groups is 2. The van der Waals surface area contributed by atoms with Crippen LogP contribution in [0.25, 0.3) is 5.82 Å². The molecule has 1 unspecified atom stereocenters. The van der Waals surface area contributed by atoms with Crippen molar-refractivity contribution in [3.63, 3.8) is 0 Å². The summed E-state index contributed by atoms with van der Waals surface area (Å²) >= 11 is 0. The van der Waals surface area contributed by atoms with Gasteiger partial charge in [-0.3, -0.25) is 4.57 Å². The minimum atomic E-state index is -4.64. The van der Waals surface area contributed by atoms with Crippen molar-refractivity contribution in [2.45, 2.75) is 30.7 Å². The Balaban J connectivity index is -0.000000296. The lowest BCUT2D eigenvalue weighted by atomic mass is 10.1. The van der Waals surface area contributed by atoms with Crippen LogP contribution >= 0.6 is 15.6 Å². The first-order valence-corrected chi connectivity index (χ1v) is 11.2. The van der Waals surface area contributed by atoms with Crippen LogP contribution in [0, 0.1) is 0 Å². The molecule has 0 aliphatic carbocycles. The molecular formula is C11H37N11O11P2. The Morgan fingerprint density at radius 2 is 1.54 bits per heavy atom. The summed E-state index contributed by atoms with van der Waals surface area (Å²) in [6.07, 6.45) is -1.52. The maximum Gasteiger partial charge on any atom is 0.466 e. The van der Waals surface area contributed by atoms with E-state index in [0.29, 0.717) is 23.3 Å². The van der Waals surface area contributed by atoms with Gasteiger partial charge in [0, 0.05) is 13.5 Å². The van der Waals surface area contributed by atoms with Crippen LogP contribution in [0.4, 0.5) is 0 Å². The van der Waals surface area contributed by atoms with Crippen molar-refractivity contribution in [3.05, 3.63) is 17.2 Å². The van der Waals surface area contributed by atoms with Gasteiger partial charge >= 0.3 is 15.6 Å². The number of imidazole rings is 1. The van der Waals surface area contributed by atoms with Crippen molar-refractivity contribution >= 4 is 21.5 Å². The highest BCUT2D eigenvalue weighted by atomic mass is 31.2. The number of fused-ring (bicyclic) bond motifs is 1. The normalized spacial score (nSPS) is 23.6. The van der Waals surface area contributed by atoms with Crippen LogP contribution in [-0.4, -0.2) is 85.8 Å². The first-order chi connectivity index (χ1) is 13.8. The van der Waals surface area contributed by atoms with Gasteiger partial charge in [0.1, 0.15) is 42.1 Å². The van der Waals surface area contributed by atoms with Crippen LogP contribution in [0.3, 0.4) is 0 Å². The van der Waals surface area contributed by atoms with Crippen molar-refractivity contribution < 1.29 is 53.4 Å². The van der Waals surface area contributed by atoms with E-state index in [9.17, 15) is 10.2 Å². The molecule has 1 saturated heterocycles. The van der Waals surface area contributed by atoms with Crippen molar-refractivity contribution in [1.82, 2.24) is 39.1 Å². The number of aliphatic hydroxyl groups excluding tert-OH is 1. The fraction of sp³-hybridized carbons (Fsp3) is 0.636. The number of hydrogen-bond donors (Lipinski definition) is 15. The summed E-state index contributed by atoms with van der Waals surface area (Å²) in [5.74, 6) is 0.509. The van der Waals surface area contributed by atoms with Crippen LogP contribution in [0.2, 0.25) is 0 Å². The summed E-state index contributed by atoms with van der Waals surface area (Å²) in [5, 5.41) is 20.1. The number of hydrogen-bond acceptors (Lipinski definition) is 15. The van der Waals surface area contributed by atoms with Crippen LogP contribution in [0.1, 0.15) is 12.6 Å². The molecule has 0 saturated carbocycles. The topological polar surface area (TPSA) is 457 Å². The second kappa shape index (κ2) is 14.8. The first-order valence-electron chi connectivity index (χ1n) is 8.06. The fourth-order valence-corrected chi connectivity index (χ4v) is 2.60. The summed E-state index contributed by atoms with van der Waals surface area (Å²) in [4.78, 5) is 53.5. The fourth-order valence-electron chi connectivity index (χ4n) is 2.60. The molecule has 3 heterocycles. The monoisotopic (exact) mass is 561 g/mol. The van der Waals surface area contributed by atoms with Gasteiger partial charge in [-0.1, -0.05) is 0 Å². The quantitative estimate of drug-likeness (QED) is 0.118. The summed E-state index contributed by atoms with van der Waals surface area (Å²) in [5.41, 5.74) is 15.9. The molecule has 1 aromatic heterocycles. The zero-order chi connectivity index (χ0) is 24.4. The molecule has 26 N–H and O–H groups in total. The average molecular weight is 561 g/mol. The summed E-state index contributed by atoms with van der Waals surface area (Å²) in [6.45, 7) is 0.396. The Morgan fingerprint density at radius 3 is 1.91 bits per heavy atom. The van der Waals surface area contributed by atoms with Crippen LogP contribution in [0.5, 0.6) is 0 Å². The second-order valence-electron chi connectivity index (χ2n) is 6.43. The standard InChI is InChI=1S/C11H19N7O3.4H3N.2H3O4P/c1-17-3-16-10-6(8(17)12)15-4-18(10)5-2-11(14,20)7(21-5)9(13)19;;;;;2*1-5(2,3)4/h4-5,7,9,19-20H,2-3,12-14H2,1H3;4*1H3;2*(H3,1,2,3,4)/t5-,7-,9?,11+;;;;;;/m1....../s1. The largest absolute Gasteiger partial charge is 0.466 e. The number of ether oxygens (including phenoxy) is 1. The van der Waals surface area contributed by atoms with Gasteiger partial charge in [-0.05, 0) is 0 Å². The van der Waals surface area contributed by atoms with E-state index in [1.54, 1.807) is 9.47 Å². The molecule has 24 heteroatoms. The van der Waals surface area contributed by atoms with E-state index in [1.165, 1.54) is 6.33 Å². The van der Waals surface area contributed by atoms with E-state index >= 15 is 0 Å². The molecule has 0 radical (unpaired) electrons. The van der Waals surface area contributed by atoms with E-state index in [2.05, 4.69) is 9.98 Å². The molecule has 1 fully saturated rings. The highest BCUT2D eigenvalue weighted by molar-refractivity contribution is 7.45. The molecule has 0 bridgehead atoms. The Labute approximate surface area is 198 Å². The van der Waals surface area contributed by atoms with E-state index in [4.69, 9.17) is 60.4 Å². The first kappa shape index (κ1) is 40.5. The molecule has 35 heavy (non-hydrogen) atoms. The van der Waals surface area contributed by atoms with Gasteiger partial charge in [0.25, 0.3) is 0 Å². The van der Waals surface area contributed by atoms with E-state index in [0.717, 1.165) is 0 Å². The second-order valence-corrected chi connectivity index (χ2v) is 8.48. The maximum absolute atomic E-state index is 10.1. The van der Waals surface area contributed by atoms with Gasteiger partial charge in [0.05, 0.1) is 6.33 Å². The van der Waals surface area contributed by atoms with Gasteiger partial charge in [-0.2, -0.15) is 0 Å². The summed E-state index contributed by atoms with van der Waals surface area (Å²) < 4.78 is 25.0. The van der Waals surface area contributed by atoms with Crippen molar-refractivity contribution in [1.29, 1.82) is 0 Å². The number of nitrogens with zero attached hydrogens (tertiary/aromatic N) is 4. The van der Waals surface area contributed by atoms with Gasteiger partial charge < -0.3 is 91.0 Å². The SMILES string of the molecule is CN1CN=c2c(ncn2[C@H]2C[C@](N)(O)[C@@H](C(N)O)O2)=C1N.N.N.N.N.O=P(O)(O)O.O=P(O)(O)O. The van der Waals surface area contributed by atoms with Crippen molar-refractivity contribution in [3.8, 4) is 0 Å². The lowest BCUT2D eigenvalue weighted by Gasteiger charge is -2.24. The Morgan fingerprint density at radius 1 is 1.11 bits per heavy atom. The minimum absolute atomic E-state index is 0. The highest BCUT2D eigenvalue weighted by Crippen LogP contribution is 2.33. The van der Waals surface area contributed by atoms with E-state index < -0.39 is 39.9 Å². The van der Waals surface area contributed by atoms with Gasteiger partial charge in [-0.15, -0.1) is 0 Å². The molecule has 0 amide bonds. The molecule has 3 rings (SSSR count). The molecule has 0 spiro atoms. The zero-order valence-electron chi connectivity index (χ0n) is 18.8. The average Bonchev–Trinajstić information content (AvgIpc) is 3.08. The summed E-state index contributed by atoms with van der Waals surface area (Å²) in [6, 6.07) is 0. The number of nitrogens with two attached hydrogens (primary N) is 3. The molecule has 1 aromatic rings. The van der Waals surface area contributed by atoms with Crippen molar-refractivity contribution in [2.75, 3.05) is 13.7 Å². The molecule has 22 nitrogen and oxygen atoms in total. The van der Waals surface area contributed by atoms with Gasteiger partial charge in [0.15, 0.2) is 5.49 Å². The van der Waals surface area contributed by atoms with Crippen LogP contribution in [0.15, 0.2) is 11.3 Å². The van der Waals surface area contributed by atoms with E-state index in [1.807, 2.05) is 7.05 Å². The molecule has 4 atom stereocenters. The van der Waals surface area contributed by atoms with Gasteiger partial charge in [0.2, 0.25) is 0 Å². The number of phosphoric acid groups is 2. The van der Waals surface area contributed by atoms with Crippen LogP contribution < -0.4 is 52.6 Å². The summed E-state index contributed by atoms with van der Waals surface area (Å²) in [7, 11) is -7.47. The highest BCUT2D eigenvalue weighted by Gasteiger charge is 2.48. The third-order valence-corrected chi connectivity index (χ3v) is 3.77. The predicted molar refractivity (Wildman–Crippen MR) is 120 cm³/mol. The Hall–Kier alpha value is -1.66. The predicted octanol–water partition coefficient (Wildman–Crippen LogP) is -5.57. The number of rotatable bonds is 2. The van der Waals surface area contributed by atoms with Gasteiger partial charge in [-0.25, -0.2) is 19.1 Å². The Bertz CT molecular complexity index is 942. The maximum atomic E-state index is 10.1. The van der Waals surface area contributed by atoms with E-state index in [-0.39, 0.29) is 31.0 Å².